The van der Waals surface area contributed by atoms with Crippen LogP contribution in [-0.4, -0.2) is 43.7 Å². The summed E-state index contributed by atoms with van der Waals surface area (Å²) in [5, 5.41) is 0. The number of hydrogen-bond donors (Lipinski definition) is 0. The van der Waals surface area contributed by atoms with Crippen molar-refractivity contribution in [1.82, 2.24) is 4.90 Å². The predicted molar refractivity (Wildman–Crippen MR) is 35.7 cm³/mol. The lowest BCUT2D eigenvalue weighted by Gasteiger charge is -2.18. The van der Waals surface area contributed by atoms with Crippen molar-refractivity contribution >= 4 is 12.3 Å². The van der Waals surface area contributed by atoms with E-state index in [9.17, 15) is 22.8 Å². The third-order valence-electron chi connectivity index (χ3n) is 1.08. The summed E-state index contributed by atoms with van der Waals surface area (Å²) in [5.74, 6) is -2.38. The van der Waals surface area contributed by atoms with Crippen molar-refractivity contribution in [3.05, 3.63) is 0 Å². The van der Waals surface area contributed by atoms with Gasteiger partial charge in [0.05, 0.1) is 0 Å². The SMILES string of the molecule is CN(C)C(C=O)OC(=O)C(F)(F)F. The number of nitrogens with zero attached hydrogens (tertiary/aromatic N) is 1. The number of rotatable bonds is 3. The molecule has 0 bridgehead atoms. The molecule has 0 rings (SSSR count). The number of halogens is 3. The van der Waals surface area contributed by atoms with Crippen molar-refractivity contribution in [3.8, 4) is 0 Å². The molecule has 0 amide bonds. The second kappa shape index (κ2) is 4.22. The van der Waals surface area contributed by atoms with Crippen LogP contribution in [0, 0.1) is 0 Å². The minimum atomic E-state index is -5.07. The molecule has 0 saturated heterocycles. The maximum atomic E-state index is 11.6. The Morgan fingerprint density at radius 2 is 1.92 bits per heavy atom. The van der Waals surface area contributed by atoms with Gasteiger partial charge in [-0.05, 0) is 14.1 Å². The summed E-state index contributed by atoms with van der Waals surface area (Å²) >= 11 is 0. The van der Waals surface area contributed by atoms with Crippen LogP contribution in [-0.2, 0) is 14.3 Å². The van der Waals surface area contributed by atoms with Gasteiger partial charge in [0.2, 0.25) is 6.23 Å². The Balaban J connectivity index is 4.26. The summed E-state index contributed by atoms with van der Waals surface area (Å²) in [7, 11) is 2.62. The van der Waals surface area contributed by atoms with Crippen LogP contribution in [0.1, 0.15) is 0 Å². The van der Waals surface area contributed by atoms with Crippen molar-refractivity contribution in [2.75, 3.05) is 14.1 Å². The van der Waals surface area contributed by atoms with E-state index in [1.165, 1.54) is 14.1 Å². The molecule has 13 heavy (non-hydrogen) atoms. The van der Waals surface area contributed by atoms with E-state index in [1.807, 2.05) is 0 Å². The molecule has 0 N–H and O–H groups in total. The fraction of sp³-hybridized carbons (Fsp3) is 0.667. The van der Waals surface area contributed by atoms with E-state index in [0.717, 1.165) is 4.90 Å². The topological polar surface area (TPSA) is 46.6 Å². The van der Waals surface area contributed by atoms with Gasteiger partial charge < -0.3 is 4.74 Å². The lowest BCUT2D eigenvalue weighted by molar-refractivity contribution is -0.209. The number of ether oxygens (including phenoxy) is 1. The Morgan fingerprint density at radius 3 is 2.15 bits per heavy atom. The maximum absolute atomic E-state index is 11.6. The molecule has 0 aromatic rings. The maximum Gasteiger partial charge on any atom is 0.490 e. The number of alkyl halides is 3. The fourth-order valence-electron chi connectivity index (χ4n) is 0.431. The number of carbonyl (C=O) groups is 2. The molecule has 0 saturated carbocycles. The number of carbonyl (C=O) groups excluding carboxylic acids is 2. The summed E-state index contributed by atoms with van der Waals surface area (Å²) in [5.41, 5.74) is 0. The van der Waals surface area contributed by atoms with E-state index in [0.29, 0.717) is 0 Å². The lowest BCUT2D eigenvalue weighted by Crippen LogP contribution is -2.38. The molecule has 0 heterocycles. The molecule has 1 unspecified atom stereocenters. The molecule has 0 aliphatic rings. The van der Waals surface area contributed by atoms with Gasteiger partial charge in [-0.1, -0.05) is 0 Å². The summed E-state index contributed by atoms with van der Waals surface area (Å²) < 4.78 is 38.6. The molecular weight excluding hydrogens is 191 g/mol. The monoisotopic (exact) mass is 199 g/mol. The minimum Gasteiger partial charge on any atom is -0.432 e. The standard InChI is InChI=1S/C6H8F3NO3/c1-10(2)4(3-11)13-5(12)6(7,8)9/h3-4H,1-2H3. The number of esters is 1. The zero-order valence-corrected chi connectivity index (χ0v) is 6.96. The van der Waals surface area contributed by atoms with Gasteiger partial charge in [-0.2, -0.15) is 13.2 Å². The van der Waals surface area contributed by atoms with Crippen molar-refractivity contribution in [1.29, 1.82) is 0 Å². The molecular formula is C6H8F3NO3. The van der Waals surface area contributed by atoms with Crippen LogP contribution in [0.4, 0.5) is 13.2 Å². The lowest BCUT2D eigenvalue weighted by atomic mass is 10.5. The second-order valence-electron chi connectivity index (χ2n) is 2.39. The molecule has 76 valence electrons. The van der Waals surface area contributed by atoms with Crippen molar-refractivity contribution in [2.45, 2.75) is 12.4 Å². The quantitative estimate of drug-likeness (QED) is 0.369. The summed E-state index contributed by atoms with van der Waals surface area (Å²) in [6.07, 6.45) is -6.48. The Labute approximate surface area is 72.3 Å². The highest BCUT2D eigenvalue weighted by Gasteiger charge is 2.42. The summed E-state index contributed by atoms with van der Waals surface area (Å²) in [6, 6.07) is 0. The van der Waals surface area contributed by atoms with E-state index in [1.54, 1.807) is 0 Å². The van der Waals surface area contributed by atoms with Crippen molar-refractivity contribution in [2.24, 2.45) is 0 Å². The minimum absolute atomic E-state index is 0.101. The van der Waals surface area contributed by atoms with Gasteiger partial charge in [0.1, 0.15) is 0 Å². The van der Waals surface area contributed by atoms with Gasteiger partial charge in [0.25, 0.3) is 0 Å². The highest BCUT2D eigenvalue weighted by Crippen LogP contribution is 2.17. The Morgan fingerprint density at radius 1 is 1.46 bits per heavy atom. The van der Waals surface area contributed by atoms with E-state index in [4.69, 9.17) is 0 Å². The highest BCUT2D eigenvalue weighted by molar-refractivity contribution is 5.77. The van der Waals surface area contributed by atoms with Crippen LogP contribution in [0.3, 0.4) is 0 Å². The third-order valence-corrected chi connectivity index (χ3v) is 1.08. The summed E-state index contributed by atoms with van der Waals surface area (Å²) in [4.78, 5) is 21.4. The molecule has 0 aliphatic heterocycles. The highest BCUT2D eigenvalue weighted by atomic mass is 19.4. The smallest absolute Gasteiger partial charge is 0.432 e. The molecule has 0 spiro atoms. The van der Waals surface area contributed by atoms with Gasteiger partial charge in [-0.15, -0.1) is 0 Å². The summed E-state index contributed by atoms with van der Waals surface area (Å²) in [6.45, 7) is 0. The molecule has 1 atom stereocenters. The van der Waals surface area contributed by atoms with Gasteiger partial charge in [0.15, 0.2) is 6.29 Å². The van der Waals surface area contributed by atoms with Crippen LogP contribution in [0.5, 0.6) is 0 Å². The zero-order chi connectivity index (χ0) is 10.6. The zero-order valence-electron chi connectivity index (χ0n) is 6.96. The number of likely N-dealkylation sites (N-methyl/N-ethyl adjacent to an activating group) is 1. The van der Waals surface area contributed by atoms with Gasteiger partial charge in [0, 0.05) is 0 Å². The molecule has 0 aromatic heterocycles. The average Bonchev–Trinajstić information content (AvgIpc) is 1.96. The fourth-order valence-corrected chi connectivity index (χ4v) is 0.431. The van der Waals surface area contributed by atoms with E-state index in [-0.39, 0.29) is 6.29 Å². The van der Waals surface area contributed by atoms with Gasteiger partial charge in [-0.25, -0.2) is 4.79 Å². The van der Waals surface area contributed by atoms with Crippen molar-refractivity contribution < 1.29 is 27.5 Å². The first-order valence-corrected chi connectivity index (χ1v) is 3.18. The van der Waals surface area contributed by atoms with Crippen LogP contribution in [0.15, 0.2) is 0 Å². The van der Waals surface area contributed by atoms with Crippen molar-refractivity contribution in [3.63, 3.8) is 0 Å². The normalized spacial score (nSPS) is 14.0. The van der Waals surface area contributed by atoms with E-state index < -0.39 is 18.4 Å². The van der Waals surface area contributed by atoms with Gasteiger partial charge in [-0.3, -0.25) is 9.69 Å². The first-order chi connectivity index (χ1) is 5.79. The molecule has 4 nitrogen and oxygen atoms in total. The molecule has 0 aliphatic carbocycles. The predicted octanol–water partition coefficient (Wildman–Crippen LogP) is 0.178. The second-order valence-corrected chi connectivity index (χ2v) is 2.39. The van der Waals surface area contributed by atoms with Gasteiger partial charge >= 0.3 is 12.1 Å². The molecule has 0 aromatic carbocycles. The van der Waals surface area contributed by atoms with E-state index >= 15 is 0 Å². The third kappa shape index (κ3) is 3.88. The molecule has 0 fully saturated rings. The van der Waals surface area contributed by atoms with E-state index in [2.05, 4.69) is 4.74 Å². The average molecular weight is 199 g/mol. The Hall–Kier alpha value is -1.11. The van der Waals surface area contributed by atoms with Crippen LogP contribution in [0.2, 0.25) is 0 Å². The first-order valence-electron chi connectivity index (χ1n) is 3.18. The van der Waals surface area contributed by atoms with Crippen LogP contribution < -0.4 is 0 Å². The van der Waals surface area contributed by atoms with Crippen LogP contribution in [0.25, 0.3) is 0 Å². The number of hydrogen-bond acceptors (Lipinski definition) is 4. The first kappa shape index (κ1) is 11.9. The number of aldehydes is 1. The molecule has 7 heteroatoms. The molecule has 0 radical (unpaired) electrons. The Kier molecular flexibility index (Phi) is 3.86. The Bertz CT molecular complexity index is 202. The largest absolute Gasteiger partial charge is 0.490 e. The van der Waals surface area contributed by atoms with Crippen LogP contribution >= 0.6 is 0 Å².